The van der Waals surface area contributed by atoms with Crippen LogP contribution in [0.2, 0.25) is 0 Å². The van der Waals surface area contributed by atoms with Gasteiger partial charge in [0, 0.05) is 38.3 Å². The molecular weight excluding hydrogens is 482 g/mol. The molecule has 3 aromatic carbocycles. The normalized spacial score (nSPS) is 13.8. The van der Waals surface area contributed by atoms with Gasteiger partial charge in [-0.05, 0) is 61.0 Å². The van der Waals surface area contributed by atoms with E-state index in [1.165, 1.54) is 24.3 Å². The molecule has 2 heterocycles. The highest BCUT2D eigenvalue weighted by Crippen LogP contribution is 2.37. The number of carbonyl (C=O) groups is 1. The van der Waals surface area contributed by atoms with Crippen molar-refractivity contribution in [3.05, 3.63) is 77.9 Å². The lowest BCUT2D eigenvalue weighted by molar-refractivity contribution is 0.105. The van der Waals surface area contributed by atoms with Gasteiger partial charge in [0.15, 0.2) is 0 Å². The van der Waals surface area contributed by atoms with E-state index in [-0.39, 0.29) is 17.7 Å². The van der Waals surface area contributed by atoms with Gasteiger partial charge in [0.25, 0.3) is 0 Å². The number of piperazine rings is 1. The average Bonchev–Trinajstić information content (AvgIpc) is 3.31. The Kier molecular flexibility index (Phi) is 6.99. The van der Waals surface area contributed by atoms with E-state index in [1.807, 2.05) is 6.07 Å². The monoisotopic (exact) mass is 508 g/mol. The number of hydrogen-bond donors (Lipinski definition) is 1. The number of benzene rings is 3. The van der Waals surface area contributed by atoms with Gasteiger partial charge >= 0.3 is 6.09 Å². The summed E-state index contributed by atoms with van der Waals surface area (Å²) in [4.78, 5) is 20.9. The highest BCUT2D eigenvalue weighted by atomic mass is 32.1. The minimum absolute atomic E-state index is 0.267. The molecule has 0 bridgehead atoms. The second-order valence-corrected chi connectivity index (χ2v) is 9.55. The van der Waals surface area contributed by atoms with Crippen LogP contribution < -0.4 is 10.2 Å². The smallest absolute Gasteiger partial charge is 0.409 e. The second kappa shape index (κ2) is 10.5. The van der Waals surface area contributed by atoms with E-state index < -0.39 is 0 Å². The zero-order chi connectivity index (χ0) is 25.1. The van der Waals surface area contributed by atoms with Crippen LogP contribution in [0.25, 0.3) is 20.8 Å². The van der Waals surface area contributed by atoms with Crippen LogP contribution >= 0.6 is 11.3 Å². The van der Waals surface area contributed by atoms with Crippen molar-refractivity contribution < 1.29 is 18.3 Å². The third-order valence-corrected chi connectivity index (χ3v) is 7.21. The van der Waals surface area contributed by atoms with Gasteiger partial charge in [-0.15, -0.1) is 11.3 Å². The molecule has 1 aromatic heterocycles. The van der Waals surface area contributed by atoms with Crippen LogP contribution in [0.5, 0.6) is 0 Å². The molecule has 0 spiro atoms. The Morgan fingerprint density at radius 3 is 2.33 bits per heavy atom. The Balaban J connectivity index is 1.44. The number of halogens is 2. The zero-order valence-corrected chi connectivity index (χ0v) is 20.7. The van der Waals surface area contributed by atoms with Crippen LogP contribution in [0.4, 0.5) is 25.0 Å². The van der Waals surface area contributed by atoms with Crippen LogP contribution in [-0.2, 0) is 11.3 Å². The molecule has 36 heavy (non-hydrogen) atoms. The largest absolute Gasteiger partial charge is 0.450 e. The fourth-order valence-corrected chi connectivity index (χ4v) is 5.21. The van der Waals surface area contributed by atoms with Gasteiger partial charge in [0.2, 0.25) is 0 Å². The number of ether oxygens (including phenoxy) is 1. The molecule has 0 aliphatic carbocycles. The predicted molar refractivity (Wildman–Crippen MR) is 140 cm³/mol. The SMILES string of the molecule is CCOC(=O)N1CCN(c2cc3sc(-c4ccc(F)cc4)nc3cc2NCc2ccc(F)cc2)CC1. The number of rotatable bonds is 6. The lowest BCUT2D eigenvalue weighted by Gasteiger charge is -2.36. The molecule has 1 amide bonds. The Bertz CT molecular complexity index is 1350. The zero-order valence-electron chi connectivity index (χ0n) is 19.8. The van der Waals surface area contributed by atoms with Gasteiger partial charge < -0.3 is 19.9 Å². The number of carbonyl (C=O) groups excluding carboxylic acids is 1. The predicted octanol–water partition coefficient (Wildman–Crippen LogP) is 6.13. The summed E-state index contributed by atoms with van der Waals surface area (Å²) in [5.41, 5.74) is 4.59. The number of nitrogens with zero attached hydrogens (tertiary/aromatic N) is 3. The number of thiazole rings is 1. The summed E-state index contributed by atoms with van der Waals surface area (Å²) in [5.74, 6) is -0.549. The maximum absolute atomic E-state index is 13.4. The molecule has 1 saturated heterocycles. The van der Waals surface area contributed by atoms with Crippen molar-refractivity contribution in [2.45, 2.75) is 13.5 Å². The van der Waals surface area contributed by atoms with Gasteiger partial charge in [-0.3, -0.25) is 0 Å². The minimum atomic E-state index is -0.284. The van der Waals surface area contributed by atoms with Crippen LogP contribution in [0, 0.1) is 11.6 Å². The standard InChI is InChI=1S/C27H26F2N4O2S/c1-2-35-27(34)33-13-11-32(12-14-33)24-16-25-23(31-26(36-25)19-5-9-21(29)10-6-19)15-22(24)30-17-18-3-7-20(28)8-4-18/h3-10,15-16,30H,2,11-14,17H2,1H3. The summed E-state index contributed by atoms with van der Waals surface area (Å²) < 4.78 is 32.9. The number of hydrogen-bond acceptors (Lipinski definition) is 6. The van der Waals surface area contributed by atoms with Gasteiger partial charge in [-0.1, -0.05) is 12.1 Å². The Morgan fingerprint density at radius 2 is 1.67 bits per heavy atom. The number of amides is 1. The van der Waals surface area contributed by atoms with Crippen molar-refractivity contribution in [2.24, 2.45) is 0 Å². The second-order valence-electron chi connectivity index (χ2n) is 8.52. The van der Waals surface area contributed by atoms with Gasteiger partial charge in [-0.25, -0.2) is 18.6 Å². The van der Waals surface area contributed by atoms with Gasteiger partial charge in [-0.2, -0.15) is 0 Å². The van der Waals surface area contributed by atoms with Crippen molar-refractivity contribution in [3.63, 3.8) is 0 Å². The summed E-state index contributed by atoms with van der Waals surface area (Å²) in [6, 6.07) is 16.9. The highest BCUT2D eigenvalue weighted by Gasteiger charge is 2.24. The molecule has 4 aromatic rings. The van der Waals surface area contributed by atoms with E-state index in [0.29, 0.717) is 39.3 Å². The molecule has 0 unspecified atom stereocenters. The molecule has 1 fully saturated rings. The van der Waals surface area contributed by atoms with Crippen molar-refractivity contribution in [1.82, 2.24) is 9.88 Å². The lowest BCUT2D eigenvalue weighted by Crippen LogP contribution is -2.49. The molecule has 1 aliphatic rings. The minimum Gasteiger partial charge on any atom is -0.450 e. The summed E-state index contributed by atoms with van der Waals surface area (Å²) in [7, 11) is 0. The fraction of sp³-hybridized carbons (Fsp3) is 0.259. The summed E-state index contributed by atoms with van der Waals surface area (Å²) >= 11 is 1.56. The average molecular weight is 509 g/mol. The van der Waals surface area contributed by atoms with Crippen LogP contribution in [0.1, 0.15) is 12.5 Å². The molecule has 0 radical (unpaired) electrons. The Morgan fingerprint density at radius 1 is 1.00 bits per heavy atom. The maximum atomic E-state index is 13.4. The van der Waals surface area contributed by atoms with Crippen molar-refractivity contribution in [2.75, 3.05) is 43.0 Å². The quantitative estimate of drug-likeness (QED) is 0.339. The Labute approximate surface area is 212 Å². The van der Waals surface area contributed by atoms with E-state index in [2.05, 4.69) is 16.3 Å². The molecule has 6 nitrogen and oxygen atoms in total. The fourth-order valence-electron chi connectivity index (χ4n) is 4.23. The first-order valence-corrected chi connectivity index (χ1v) is 12.7. The molecule has 186 valence electrons. The first-order chi connectivity index (χ1) is 17.5. The van der Waals surface area contributed by atoms with E-state index in [4.69, 9.17) is 9.72 Å². The molecule has 5 rings (SSSR count). The van der Waals surface area contributed by atoms with Crippen LogP contribution in [0.15, 0.2) is 60.7 Å². The third-order valence-electron chi connectivity index (χ3n) is 6.14. The molecule has 9 heteroatoms. The number of aromatic nitrogens is 1. The molecule has 0 atom stereocenters. The van der Waals surface area contributed by atoms with E-state index in [9.17, 15) is 13.6 Å². The van der Waals surface area contributed by atoms with E-state index in [1.54, 1.807) is 47.4 Å². The molecule has 0 saturated carbocycles. The maximum Gasteiger partial charge on any atom is 0.409 e. The summed E-state index contributed by atoms with van der Waals surface area (Å²) in [5, 5.41) is 4.31. The number of nitrogens with one attached hydrogen (secondary N) is 1. The number of fused-ring (bicyclic) bond motifs is 1. The lowest BCUT2D eigenvalue weighted by atomic mass is 10.1. The van der Waals surface area contributed by atoms with E-state index in [0.717, 1.165) is 37.7 Å². The molecular formula is C27H26F2N4O2S. The van der Waals surface area contributed by atoms with E-state index >= 15 is 0 Å². The Hall–Kier alpha value is -3.72. The highest BCUT2D eigenvalue weighted by molar-refractivity contribution is 7.21. The van der Waals surface area contributed by atoms with Crippen molar-refractivity contribution in [3.8, 4) is 10.6 Å². The topological polar surface area (TPSA) is 57.7 Å². The van der Waals surface area contributed by atoms with Crippen LogP contribution in [-0.4, -0.2) is 48.8 Å². The van der Waals surface area contributed by atoms with Crippen LogP contribution in [0.3, 0.4) is 0 Å². The summed E-state index contributed by atoms with van der Waals surface area (Å²) in [6.45, 7) is 5.15. The van der Waals surface area contributed by atoms with Crippen molar-refractivity contribution in [1.29, 1.82) is 0 Å². The molecule has 1 aliphatic heterocycles. The first kappa shape index (κ1) is 24.0. The molecule has 1 N–H and O–H groups in total. The van der Waals surface area contributed by atoms with Crippen molar-refractivity contribution >= 4 is 39.0 Å². The van der Waals surface area contributed by atoms with Gasteiger partial charge in [0.1, 0.15) is 16.6 Å². The first-order valence-electron chi connectivity index (χ1n) is 11.9. The third kappa shape index (κ3) is 5.26. The summed E-state index contributed by atoms with van der Waals surface area (Å²) in [6.07, 6.45) is -0.284. The van der Waals surface area contributed by atoms with Gasteiger partial charge in [0.05, 0.1) is 28.2 Å². The number of anilines is 2.